The number of hydrogen-bond donors (Lipinski definition) is 1. The molecule has 4 heteroatoms. The summed E-state index contributed by atoms with van der Waals surface area (Å²) in [5.41, 5.74) is 2.77. The first-order chi connectivity index (χ1) is 7.68. The van der Waals surface area contributed by atoms with Gasteiger partial charge in [0, 0.05) is 11.4 Å². The Balaban J connectivity index is 2.42. The SMILES string of the molecule is CC(C)n1nc2c3c(cccc31)C(=O)NC2. The molecule has 0 aliphatic carbocycles. The van der Waals surface area contributed by atoms with E-state index in [0.717, 1.165) is 22.2 Å². The summed E-state index contributed by atoms with van der Waals surface area (Å²) in [5, 5.41) is 8.41. The number of carbonyl (C=O) groups is 1. The van der Waals surface area contributed by atoms with Crippen LogP contribution in [0.4, 0.5) is 0 Å². The summed E-state index contributed by atoms with van der Waals surface area (Å²) in [6, 6.07) is 6.09. The lowest BCUT2D eigenvalue weighted by Crippen LogP contribution is -2.27. The van der Waals surface area contributed by atoms with E-state index in [9.17, 15) is 4.79 Å². The molecular weight excluding hydrogens is 202 g/mol. The third-order valence-electron chi connectivity index (χ3n) is 2.96. The normalized spacial score (nSPS) is 14.6. The molecule has 82 valence electrons. The van der Waals surface area contributed by atoms with Crippen LogP contribution in [0.3, 0.4) is 0 Å². The zero-order valence-electron chi connectivity index (χ0n) is 9.32. The minimum absolute atomic E-state index is 0.00130. The fourth-order valence-electron chi connectivity index (χ4n) is 2.23. The molecule has 0 atom stereocenters. The highest BCUT2D eigenvalue weighted by Gasteiger charge is 2.23. The van der Waals surface area contributed by atoms with Crippen molar-refractivity contribution in [2.45, 2.75) is 26.4 Å². The van der Waals surface area contributed by atoms with Crippen LogP contribution in [-0.2, 0) is 6.54 Å². The van der Waals surface area contributed by atoms with Crippen molar-refractivity contribution in [3.63, 3.8) is 0 Å². The van der Waals surface area contributed by atoms with E-state index < -0.39 is 0 Å². The molecule has 0 saturated heterocycles. The lowest BCUT2D eigenvalue weighted by atomic mass is 10.0. The standard InChI is InChI=1S/C12H13N3O/c1-7(2)15-10-5-3-4-8-11(10)9(14-15)6-13-12(8)16/h3-5,7H,6H2,1-2H3,(H,13,16). The molecule has 0 saturated carbocycles. The van der Waals surface area contributed by atoms with Crippen LogP contribution in [-0.4, -0.2) is 15.7 Å². The van der Waals surface area contributed by atoms with Gasteiger partial charge in [0.2, 0.25) is 0 Å². The Kier molecular flexibility index (Phi) is 1.80. The quantitative estimate of drug-likeness (QED) is 0.789. The second-order valence-corrected chi connectivity index (χ2v) is 4.37. The van der Waals surface area contributed by atoms with E-state index in [0.29, 0.717) is 12.6 Å². The van der Waals surface area contributed by atoms with Crippen molar-refractivity contribution in [1.82, 2.24) is 15.1 Å². The van der Waals surface area contributed by atoms with E-state index >= 15 is 0 Å². The number of nitrogens with zero attached hydrogens (tertiary/aromatic N) is 2. The van der Waals surface area contributed by atoms with Gasteiger partial charge in [-0.3, -0.25) is 9.48 Å². The van der Waals surface area contributed by atoms with Gasteiger partial charge in [-0.1, -0.05) is 6.07 Å². The van der Waals surface area contributed by atoms with Gasteiger partial charge in [-0.15, -0.1) is 0 Å². The van der Waals surface area contributed by atoms with Crippen LogP contribution in [0, 0.1) is 0 Å². The number of carbonyl (C=O) groups excluding carboxylic acids is 1. The van der Waals surface area contributed by atoms with Gasteiger partial charge in [-0.25, -0.2) is 0 Å². The largest absolute Gasteiger partial charge is 0.346 e. The Labute approximate surface area is 93.3 Å². The Morgan fingerprint density at radius 1 is 1.44 bits per heavy atom. The van der Waals surface area contributed by atoms with Crippen LogP contribution >= 0.6 is 0 Å². The van der Waals surface area contributed by atoms with Crippen LogP contribution in [0.5, 0.6) is 0 Å². The molecule has 1 N–H and O–H groups in total. The number of benzene rings is 1. The number of rotatable bonds is 1. The summed E-state index contributed by atoms with van der Waals surface area (Å²) in [4.78, 5) is 11.7. The molecule has 4 nitrogen and oxygen atoms in total. The molecule has 1 aliphatic heterocycles. The van der Waals surface area contributed by atoms with Gasteiger partial charge in [0.15, 0.2) is 0 Å². The molecular formula is C12H13N3O. The van der Waals surface area contributed by atoms with Gasteiger partial charge in [-0.2, -0.15) is 5.10 Å². The van der Waals surface area contributed by atoms with Crippen molar-refractivity contribution >= 4 is 16.8 Å². The summed E-state index contributed by atoms with van der Waals surface area (Å²) < 4.78 is 1.98. The van der Waals surface area contributed by atoms with Crippen molar-refractivity contribution in [2.24, 2.45) is 0 Å². The molecule has 1 aliphatic rings. The van der Waals surface area contributed by atoms with Crippen LogP contribution in [0.2, 0.25) is 0 Å². The molecule has 1 aromatic heterocycles. The number of amides is 1. The summed E-state index contributed by atoms with van der Waals surface area (Å²) in [7, 11) is 0. The van der Waals surface area contributed by atoms with Gasteiger partial charge in [-0.05, 0) is 26.0 Å². The molecule has 0 spiro atoms. The minimum atomic E-state index is 0.00130. The van der Waals surface area contributed by atoms with Gasteiger partial charge in [0.05, 0.1) is 23.3 Å². The molecule has 2 heterocycles. The zero-order chi connectivity index (χ0) is 11.3. The topological polar surface area (TPSA) is 46.9 Å². The van der Waals surface area contributed by atoms with E-state index in [1.807, 2.05) is 22.9 Å². The average Bonchev–Trinajstić information content (AvgIpc) is 2.64. The van der Waals surface area contributed by atoms with Gasteiger partial charge < -0.3 is 5.32 Å². The van der Waals surface area contributed by atoms with Crippen LogP contribution in [0.25, 0.3) is 10.9 Å². The predicted octanol–water partition coefficient (Wildman–Crippen LogP) is 1.86. The number of hydrogen-bond acceptors (Lipinski definition) is 2. The second kappa shape index (κ2) is 3.07. The third-order valence-corrected chi connectivity index (χ3v) is 2.96. The molecule has 0 bridgehead atoms. The van der Waals surface area contributed by atoms with Crippen molar-refractivity contribution in [3.8, 4) is 0 Å². The molecule has 16 heavy (non-hydrogen) atoms. The Bertz CT molecular complexity index is 583. The summed E-state index contributed by atoms with van der Waals surface area (Å²) in [5.74, 6) is 0.00130. The first-order valence-electron chi connectivity index (χ1n) is 5.47. The zero-order valence-corrected chi connectivity index (χ0v) is 9.32. The van der Waals surface area contributed by atoms with Crippen molar-refractivity contribution < 1.29 is 4.79 Å². The lowest BCUT2D eigenvalue weighted by molar-refractivity contribution is 0.0949. The predicted molar refractivity (Wildman–Crippen MR) is 61.3 cm³/mol. The first-order valence-corrected chi connectivity index (χ1v) is 5.47. The highest BCUT2D eigenvalue weighted by atomic mass is 16.1. The van der Waals surface area contributed by atoms with Gasteiger partial charge >= 0.3 is 0 Å². The third kappa shape index (κ3) is 1.10. The molecule has 1 aromatic carbocycles. The minimum Gasteiger partial charge on any atom is -0.346 e. The Morgan fingerprint density at radius 3 is 3.00 bits per heavy atom. The van der Waals surface area contributed by atoms with E-state index in [2.05, 4.69) is 24.3 Å². The molecule has 1 amide bonds. The van der Waals surface area contributed by atoms with E-state index in [4.69, 9.17) is 0 Å². The van der Waals surface area contributed by atoms with Crippen LogP contribution < -0.4 is 5.32 Å². The van der Waals surface area contributed by atoms with E-state index in [1.54, 1.807) is 0 Å². The fraction of sp³-hybridized carbons (Fsp3) is 0.333. The molecule has 0 unspecified atom stereocenters. The smallest absolute Gasteiger partial charge is 0.252 e. The summed E-state index contributed by atoms with van der Waals surface area (Å²) in [6.07, 6.45) is 0. The highest BCUT2D eigenvalue weighted by Crippen LogP contribution is 2.27. The maximum atomic E-state index is 11.7. The van der Waals surface area contributed by atoms with E-state index in [-0.39, 0.29) is 5.91 Å². The van der Waals surface area contributed by atoms with Crippen LogP contribution in [0.15, 0.2) is 18.2 Å². The van der Waals surface area contributed by atoms with Gasteiger partial charge in [0.1, 0.15) is 0 Å². The maximum absolute atomic E-state index is 11.7. The summed E-state index contributed by atoms with van der Waals surface area (Å²) in [6.45, 7) is 4.72. The van der Waals surface area contributed by atoms with E-state index in [1.165, 1.54) is 0 Å². The average molecular weight is 215 g/mol. The monoisotopic (exact) mass is 215 g/mol. The molecule has 0 fully saturated rings. The van der Waals surface area contributed by atoms with Gasteiger partial charge in [0.25, 0.3) is 5.91 Å². The lowest BCUT2D eigenvalue weighted by Gasteiger charge is -2.11. The first kappa shape index (κ1) is 9.39. The fourth-order valence-corrected chi connectivity index (χ4v) is 2.23. The highest BCUT2D eigenvalue weighted by molar-refractivity contribution is 6.09. The molecule has 2 aromatic rings. The van der Waals surface area contributed by atoms with Crippen molar-refractivity contribution in [2.75, 3.05) is 0 Å². The van der Waals surface area contributed by atoms with Crippen molar-refractivity contribution in [1.29, 1.82) is 0 Å². The number of aromatic nitrogens is 2. The maximum Gasteiger partial charge on any atom is 0.252 e. The molecule has 0 radical (unpaired) electrons. The molecule has 3 rings (SSSR count). The van der Waals surface area contributed by atoms with Crippen molar-refractivity contribution in [3.05, 3.63) is 29.5 Å². The number of nitrogens with one attached hydrogen (secondary N) is 1. The Morgan fingerprint density at radius 2 is 2.25 bits per heavy atom. The van der Waals surface area contributed by atoms with Crippen LogP contribution in [0.1, 0.15) is 35.9 Å². The second-order valence-electron chi connectivity index (χ2n) is 4.37. The Hall–Kier alpha value is -1.84. The summed E-state index contributed by atoms with van der Waals surface area (Å²) >= 11 is 0.